The number of likely N-dealkylation sites (tertiary alicyclic amines) is 1. The lowest BCUT2D eigenvalue weighted by Gasteiger charge is -2.30. The molecule has 1 aliphatic rings. The van der Waals surface area contributed by atoms with Crippen molar-refractivity contribution >= 4 is 16.9 Å². The molecule has 1 aromatic carbocycles. The van der Waals surface area contributed by atoms with Crippen LogP contribution in [0.25, 0.3) is 11.0 Å². The zero-order valence-electron chi connectivity index (χ0n) is 11.0. The van der Waals surface area contributed by atoms with Gasteiger partial charge >= 0.3 is 0 Å². The highest BCUT2D eigenvalue weighted by Gasteiger charge is 2.24. The van der Waals surface area contributed by atoms with Crippen molar-refractivity contribution in [1.29, 1.82) is 0 Å². The van der Waals surface area contributed by atoms with Crippen molar-refractivity contribution < 1.29 is 9.21 Å². The lowest BCUT2D eigenvalue weighted by atomic mass is 10.1. The summed E-state index contributed by atoms with van der Waals surface area (Å²) in [5.41, 5.74) is 6.11. The molecule has 1 aliphatic heterocycles. The fourth-order valence-electron chi connectivity index (χ4n) is 2.56. The zero-order chi connectivity index (χ0) is 14.1. The highest BCUT2D eigenvalue weighted by Crippen LogP contribution is 2.16. The summed E-state index contributed by atoms with van der Waals surface area (Å²) in [5.74, 6) is -0.175. The van der Waals surface area contributed by atoms with Gasteiger partial charge in [-0.15, -0.1) is 0 Å². The minimum Gasteiger partial charge on any atom is -0.451 e. The number of benzene rings is 1. The largest absolute Gasteiger partial charge is 0.451 e. The van der Waals surface area contributed by atoms with Crippen LogP contribution in [0.2, 0.25) is 0 Å². The van der Waals surface area contributed by atoms with Crippen molar-refractivity contribution in [3.63, 3.8) is 0 Å². The maximum absolute atomic E-state index is 12.4. The Morgan fingerprint density at radius 1 is 1.35 bits per heavy atom. The molecule has 0 radical (unpaired) electrons. The van der Waals surface area contributed by atoms with Gasteiger partial charge in [0.15, 0.2) is 11.2 Å². The molecule has 5 heteroatoms. The van der Waals surface area contributed by atoms with Crippen LogP contribution in [0.5, 0.6) is 0 Å². The normalized spacial score (nSPS) is 19.2. The second-order valence-corrected chi connectivity index (χ2v) is 5.12. The monoisotopic (exact) mass is 272 g/mol. The maximum atomic E-state index is 12.4. The number of para-hydroxylation sites is 1. The van der Waals surface area contributed by atoms with Crippen LogP contribution in [0.15, 0.2) is 39.5 Å². The Hall–Kier alpha value is -2.14. The van der Waals surface area contributed by atoms with Crippen LogP contribution in [0.4, 0.5) is 0 Å². The Kier molecular flexibility index (Phi) is 3.28. The molecule has 0 aliphatic carbocycles. The number of piperidine rings is 1. The number of rotatable bonds is 1. The number of nitrogens with two attached hydrogens (primary N) is 1. The fourth-order valence-corrected chi connectivity index (χ4v) is 2.56. The lowest BCUT2D eigenvalue weighted by molar-refractivity contribution is 0.0677. The van der Waals surface area contributed by atoms with Gasteiger partial charge in [0.25, 0.3) is 5.91 Å². The van der Waals surface area contributed by atoms with Crippen LogP contribution < -0.4 is 11.2 Å². The third-order valence-corrected chi connectivity index (χ3v) is 3.59. The van der Waals surface area contributed by atoms with E-state index in [9.17, 15) is 9.59 Å². The second-order valence-electron chi connectivity index (χ2n) is 5.12. The van der Waals surface area contributed by atoms with Gasteiger partial charge in [-0.2, -0.15) is 0 Å². The minimum absolute atomic E-state index is 0.000113. The Morgan fingerprint density at radius 3 is 2.95 bits per heavy atom. The summed E-state index contributed by atoms with van der Waals surface area (Å²) < 4.78 is 5.56. The maximum Gasteiger partial charge on any atom is 0.289 e. The first-order chi connectivity index (χ1) is 9.65. The molecule has 1 unspecified atom stereocenters. The van der Waals surface area contributed by atoms with Crippen LogP contribution in [-0.2, 0) is 0 Å². The molecule has 1 saturated heterocycles. The summed E-state index contributed by atoms with van der Waals surface area (Å²) in [7, 11) is 0. The van der Waals surface area contributed by atoms with E-state index in [0.29, 0.717) is 24.1 Å². The molecule has 1 atom stereocenters. The quantitative estimate of drug-likeness (QED) is 0.850. The SMILES string of the molecule is NC1CCCN(C(=O)c2cc(=O)c3ccccc3o2)C1. The Balaban J connectivity index is 1.97. The van der Waals surface area contributed by atoms with Crippen molar-refractivity contribution in [2.45, 2.75) is 18.9 Å². The Labute approximate surface area is 116 Å². The predicted molar refractivity (Wildman–Crippen MR) is 75.6 cm³/mol. The smallest absolute Gasteiger partial charge is 0.289 e. The van der Waals surface area contributed by atoms with E-state index in [0.717, 1.165) is 12.8 Å². The molecule has 2 aromatic rings. The molecule has 2 heterocycles. The standard InChI is InChI=1S/C15H16N2O3/c16-10-4-3-7-17(9-10)15(19)14-8-12(18)11-5-1-2-6-13(11)20-14/h1-2,5-6,8,10H,3-4,7,9,16H2. The van der Waals surface area contributed by atoms with Crippen molar-refractivity contribution in [3.05, 3.63) is 46.3 Å². The van der Waals surface area contributed by atoms with Crippen LogP contribution in [0.1, 0.15) is 23.4 Å². The van der Waals surface area contributed by atoms with E-state index < -0.39 is 0 Å². The van der Waals surface area contributed by atoms with Crippen molar-refractivity contribution in [3.8, 4) is 0 Å². The number of carbonyl (C=O) groups is 1. The van der Waals surface area contributed by atoms with Crippen LogP contribution in [-0.4, -0.2) is 29.9 Å². The summed E-state index contributed by atoms with van der Waals surface area (Å²) in [6, 6.07) is 8.19. The van der Waals surface area contributed by atoms with Gasteiger partial charge in [0.2, 0.25) is 0 Å². The van der Waals surface area contributed by atoms with E-state index in [2.05, 4.69) is 0 Å². The van der Waals surface area contributed by atoms with Crippen molar-refractivity contribution in [2.75, 3.05) is 13.1 Å². The van der Waals surface area contributed by atoms with Crippen molar-refractivity contribution in [2.24, 2.45) is 5.73 Å². The van der Waals surface area contributed by atoms with E-state index >= 15 is 0 Å². The second kappa shape index (κ2) is 5.09. The van der Waals surface area contributed by atoms with Gasteiger partial charge in [-0.25, -0.2) is 0 Å². The molecule has 3 rings (SSSR count). The van der Waals surface area contributed by atoms with Gasteiger partial charge in [-0.05, 0) is 25.0 Å². The number of carbonyl (C=O) groups excluding carboxylic acids is 1. The topological polar surface area (TPSA) is 76.5 Å². The summed E-state index contributed by atoms with van der Waals surface area (Å²) in [6.45, 7) is 1.17. The third kappa shape index (κ3) is 2.32. The Bertz CT molecular complexity index is 708. The number of amides is 1. The van der Waals surface area contributed by atoms with E-state index in [1.165, 1.54) is 6.07 Å². The lowest BCUT2D eigenvalue weighted by Crippen LogP contribution is -2.45. The third-order valence-electron chi connectivity index (χ3n) is 3.59. The zero-order valence-corrected chi connectivity index (χ0v) is 11.0. The number of nitrogens with zero attached hydrogens (tertiary/aromatic N) is 1. The molecular weight excluding hydrogens is 256 g/mol. The summed E-state index contributed by atoms with van der Waals surface area (Å²) >= 11 is 0. The average molecular weight is 272 g/mol. The molecule has 104 valence electrons. The van der Waals surface area contributed by atoms with Gasteiger partial charge in [-0.1, -0.05) is 12.1 Å². The first-order valence-electron chi connectivity index (χ1n) is 6.73. The number of fused-ring (bicyclic) bond motifs is 1. The fraction of sp³-hybridized carbons (Fsp3) is 0.333. The van der Waals surface area contributed by atoms with E-state index in [1.807, 2.05) is 0 Å². The van der Waals surface area contributed by atoms with Gasteiger partial charge in [0, 0.05) is 25.2 Å². The van der Waals surface area contributed by atoms with E-state index in [1.54, 1.807) is 29.2 Å². The van der Waals surface area contributed by atoms with Crippen molar-refractivity contribution in [1.82, 2.24) is 4.90 Å². The molecule has 1 fully saturated rings. The number of hydrogen-bond acceptors (Lipinski definition) is 4. The molecule has 20 heavy (non-hydrogen) atoms. The molecule has 2 N–H and O–H groups in total. The summed E-state index contributed by atoms with van der Waals surface area (Å²) in [6.07, 6.45) is 1.80. The van der Waals surface area contributed by atoms with Crippen LogP contribution in [0.3, 0.4) is 0 Å². The Morgan fingerprint density at radius 2 is 2.15 bits per heavy atom. The van der Waals surface area contributed by atoms with Crippen LogP contribution >= 0.6 is 0 Å². The molecular formula is C15H16N2O3. The number of hydrogen-bond donors (Lipinski definition) is 1. The molecule has 1 amide bonds. The van der Waals surface area contributed by atoms with Gasteiger partial charge in [0.1, 0.15) is 5.58 Å². The molecule has 1 aromatic heterocycles. The van der Waals surface area contributed by atoms with Gasteiger partial charge < -0.3 is 15.1 Å². The first kappa shape index (κ1) is 12.9. The first-order valence-corrected chi connectivity index (χ1v) is 6.73. The van der Waals surface area contributed by atoms with E-state index in [-0.39, 0.29) is 23.1 Å². The predicted octanol–water partition coefficient (Wildman–Crippen LogP) is 1.36. The summed E-state index contributed by atoms with van der Waals surface area (Å²) in [5, 5.41) is 0.486. The summed E-state index contributed by atoms with van der Waals surface area (Å²) in [4.78, 5) is 26.0. The van der Waals surface area contributed by atoms with Gasteiger partial charge in [-0.3, -0.25) is 9.59 Å². The average Bonchev–Trinajstić information content (AvgIpc) is 2.46. The van der Waals surface area contributed by atoms with Crippen LogP contribution in [0, 0.1) is 0 Å². The molecule has 0 saturated carbocycles. The van der Waals surface area contributed by atoms with E-state index in [4.69, 9.17) is 10.2 Å². The van der Waals surface area contributed by atoms with Gasteiger partial charge in [0.05, 0.1) is 5.39 Å². The molecule has 5 nitrogen and oxygen atoms in total. The molecule has 0 bridgehead atoms. The minimum atomic E-state index is -0.261. The highest BCUT2D eigenvalue weighted by molar-refractivity contribution is 5.93. The highest BCUT2D eigenvalue weighted by atomic mass is 16.3. The molecule has 0 spiro atoms.